The SMILES string of the molecule is CCC1CCC(CN)(N2CCCC3CCCC32)CC1. The molecule has 1 heterocycles. The largest absolute Gasteiger partial charge is 0.329 e. The van der Waals surface area contributed by atoms with Crippen molar-refractivity contribution in [1.82, 2.24) is 4.90 Å². The van der Waals surface area contributed by atoms with Crippen molar-refractivity contribution in [2.75, 3.05) is 13.1 Å². The second-order valence-electron chi connectivity index (χ2n) is 7.37. The molecule has 2 atom stereocenters. The van der Waals surface area contributed by atoms with E-state index in [1.54, 1.807) is 0 Å². The zero-order valence-corrected chi connectivity index (χ0v) is 12.7. The molecule has 2 nitrogen and oxygen atoms in total. The lowest BCUT2D eigenvalue weighted by atomic mass is 9.72. The summed E-state index contributed by atoms with van der Waals surface area (Å²) in [7, 11) is 0. The van der Waals surface area contributed by atoms with Gasteiger partial charge in [-0.05, 0) is 69.7 Å². The van der Waals surface area contributed by atoms with Crippen molar-refractivity contribution in [3.63, 3.8) is 0 Å². The maximum atomic E-state index is 6.30. The van der Waals surface area contributed by atoms with Crippen LogP contribution < -0.4 is 5.73 Å². The van der Waals surface area contributed by atoms with Gasteiger partial charge in [0.1, 0.15) is 0 Å². The van der Waals surface area contributed by atoms with Crippen molar-refractivity contribution in [1.29, 1.82) is 0 Å². The molecule has 19 heavy (non-hydrogen) atoms. The van der Waals surface area contributed by atoms with Gasteiger partial charge in [0, 0.05) is 18.1 Å². The van der Waals surface area contributed by atoms with Crippen molar-refractivity contribution in [3.05, 3.63) is 0 Å². The number of hydrogen-bond donors (Lipinski definition) is 1. The van der Waals surface area contributed by atoms with Crippen molar-refractivity contribution in [3.8, 4) is 0 Å². The zero-order valence-electron chi connectivity index (χ0n) is 12.7. The summed E-state index contributed by atoms with van der Waals surface area (Å²) < 4.78 is 0. The molecule has 0 amide bonds. The minimum atomic E-state index is 0.374. The number of hydrogen-bond acceptors (Lipinski definition) is 2. The van der Waals surface area contributed by atoms with Gasteiger partial charge in [-0.2, -0.15) is 0 Å². The highest BCUT2D eigenvalue weighted by molar-refractivity contribution is 5.02. The normalized spacial score (nSPS) is 44.2. The first-order valence-electron chi connectivity index (χ1n) is 8.76. The zero-order chi connectivity index (χ0) is 13.3. The Morgan fingerprint density at radius 3 is 2.47 bits per heavy atom. The van der Waals surface area contributed by atoms with Crippen molar-refractivity contribution in [2.45, 2.75) is 82.7 Å². The second-order valence-corrected chi connectivity index (χ2v) is 7.37. The topological polar surface area (TPSA) is 29.3 Å². The summed E-state index contributed by atoms with van der Waals surface area (Å²) in [6, 6.07) is 0.885. The van der Waals surface area contributed by atoms with Gasteiger partial charge < -0.3 is 5.73 Å². The van der Waals surface area contributed by atoms with Crippen LogP contribution in [-0.4, -0.2) is 29.6 Å². The Morgan fingerprint density at radius 2 is 1.79 bits per heavy atom. The number of nitrogens with zero attached hydrogens (tertiary/aromatic N) is 1. The number of piperidine rings is 1. The summed E-state index contributed by atoms with van der Waals surface area (Å²) in [5.41, 5.74) is 6.67. The van der Waals surface area contributed by atoms with Gasteiger partial charge in [0.05, 0.1) is 0 Å². The van der Waals surface area contributed by atoms with Crippen LogP contribution in [0, 0.1) is 11.8 Å². The van der Waals surface area contributed by atoms with Crippen molar-refractivity contribution >= 4 is 0 Å². The summed E-state index contributed by atoms with van der Waals surface area (Å²) >= 11 is 0. The molecule has 0 aromatic rings. The van der Waals surface area contributed by atoms with E-state index in [0.717, 1.165) is 24.4 Å². The predicted octanol–water partition coefficient (Wildman–Crippen LogP) is 3.55. The molecule has 2 saturated carbocycles. The molecule has 1 saturated heterocycles. The van der Waals surface area contributed by atoms with Gasteiger partial charge in [0.2, 0.25) is 0 Å². The van der Waals surface area contributed by atoms with Crippen molar-refractivity contribution in [2.24, 2.45) is 17.6 Å². The molecule has 2 N–H and O–H groups in total. The van der Waals surface area contributed by atoms with E-state index in [2.05, 4.69) is 11.8 Å². The van der Waals surface area contributed by atoms with Gasteiger partial charge in [0.25, 0.3) is 0 Å². The molecule has 0 aromatic heterocycles. The van der Waals surface area contributed by atoms with Gasteiger partial charge in [0.15, 0.2) is 0 Å². The maximum absolute atomic E-state index is 6.30. The fourth-order valence-corrected chi connectivity index (χ4v) is 5.27. The fraction of sp³-hybridized carbons (Fsp3) is 1.00. The lowest BCUT2D eigenvalue weighted by molar-refractivity contribution is -0.0263. The highest BCUT2D eigenvalue weighted by Crippen LogP contribution is 2.45. The van der Waals surface area contributed by atoms with Crippen LogP contribution in [0.25, 0.3) is 0 Å². The molecule has 110 valence electrons. The Kier molecular flexibility index (Phi) is 4.19. The van der Waals surface area contributed by atoms with E-state index in [4.69, 9.17) is 5.73 Å². The number of nitrogens with two attached hydrogens (primary N) is 1. The van der Waals surface area contributed by atoms with Gasteiger partial charge >= 0.3 is 0 Å². The molecule has 3 rings (SSSR count). The number of rotatable bonds is 3. The van der Waals surface area contributed by atoms with Crippen LogP contribution in [0.4, 0.5) is 0 Å². The number of likely N-dealkylation sites (tertiary alicyclic amines) is 1. The quantitative estimate of drug-likeness (QED) is 0.844. The molecular formula is C17H32N2. The van der Waals surface area contributed by atoms with Crippen LogP contribution in [0.3, 0.4) is 0 Å². The molecule has 3 fully saturated rings. The van der Waals surface area contributed by atoms with Crippen LogP contribution >= 0.6 is 0 Å². The Hall–Kier alpha value is -0.0800. The van der Waals surface area contributed by atoms with Gasteiger partial charge in [-0.3, -0.25) is 4.90 Å². The number of fused-ring (bicyclic) bond motifs is 1. The Morgan fingerprint density at radius 1 is 1.05 bits per heavy atom. The second kappa shape index (κ2) is 5.73. The Labute approximate surface area is 119 Å². The molecule has 2 unspecified atom stereocenters. The third kappa shape index (κ3) is 2.47. The van der Waals surface area contributed by atoms with Crippen LogP contribution in [0.1, 0.15) is 71.1 Å². The fourth-order valence-electron chi connectivity index (χ4n) is 5.27. The van der Waals surface area contributed by atoms with Crippen LogP contribution in [0.5, 0.6) is 0 Å². The molecular weight excluding hydrogens is 232 g/mol. The van der Waals surface area contributed by atoms with E-state index in [1.807, 2.05) is 0 Å². The van der Waals surface area contributed by atoms with E-state index in [9.17, 15) is 0 Å². The first-order valence-corrected chi connectivity index (χ1v) is 8.76. The van der Waals surface area contributed by atoms with Crippen LogP contribution in [-0.2, 0) is 0 Å². The van der Waals surface area contributed by atoms with E-state index >= 15 is 0 Å². The average molecular weight is 264 g/mol. The predicted molar refractivity (Wildman–Crippen MR) is 81.1 cm³/mol. The van der Waals surface area contributed by atoms with Gasteiger partial charge in [-0.15, -0.1) is 0 Å². The average Bonchev–Trinajstić information content (AvgIpc) is 2.95. The standard InChI is InChI=1S/C17H32N2/c1-2-14-8-10-17(13-18,11-9-14)19-12-4-6-15-5-3-7-16(15)19/h14-16H,2-13,18H2,1H3. The molecule has 0 spiro atoms. The highest BCUT2D eigenvalue weighted by Gasteiger charge is 2.46. The Bertz CT molecular complexity index is 294. The minimum Gasteiger partial charge on any atom is -0.329 e. The summed E-state index contributed by atoms with van der Waals surface area (Å²) in [6.07, 6.45) is 14.2. The van der Waals surface area contributed by atoms with Crippen LogP contribution in [0.15, 0.2) is 0 Å². The molecule has 3 aliphatic rings. The monoisotopic (exact) mass is 264 g/mol. The summed E-state index contributed by atoms with van der Waals surface area (Å²) in [5, 5.41) is 0. The summed E-state index contributed by atoms with van der Waals surface area (Å²) in [6.45, 7) is 4.58. The Balaban J connectivity index is 1.74. The molecule has 0 aromatic carbocycles. The minimum absolute atomic E-state index is 0.374. The molecule has 2 aliphatic carbocycles. The maximum Gasteiger partial charge on any atom is 0.0335 e. The third-order valence-electron chi connectivity index (χ3n) is 6.60. The summed E-state index contributed by atoms with van der Waals surface area (Å²) in [5.74, 6) is 1.98. The van der Waals surface area contributed by atoms with Crippen LogP contribution in [0.2, 0.25) is 0 Å². The van der Waals surface area contributed by atoms with E-state index in [1.165, 1.54) is 70.8 Å². The lowest BCUT2D eigenvalue weighted by Gasteiger charge is -2.53. The molecule has 0 radical (unpaired) electrons. The molecule has 2 heteroatoms. The smallest absolute Gasteiger partial charge is 0.0335 e. The summed E-state index contributed by atoms with van der Waals surface area (Å²) in [4.78, 5) is 2.90. The molecule has 1 aliphatic heterocycles. The highest BCUT2D eigenvalue weighted by atomic mass is 15.2. The van der Waals surface area contributed by atoms with Gasteiger partial charge in [-0.25, -0.2) is 0 Å². The van der Waals surface area contributed by atoms with Gasteiger partial charge in [-0.1, -0.05) is 19.8 Å². The van der Waals surface area contributed by atoms with E-state index in [-0.39, 0.29) is 0 Å². The van der Waals surface area contributed by atoms with Crippen molar-refractivity contribution < 1.29 is 0 Å². The third-order valence-corrected chi connectivity index (χ3v) is 6.60. The first kappa shape index (κ1) is 13.9. The molecule has 0 bridgehead atoms. The lowest BCUT2D eigenvalue weighted by Crippen LogP contribution is -2.61. The van der Waals surface area contributed by atoms with E-state index < -0.39 is 0 Å². The van der Waals surface area contributed by atoms with E-state index in [0.29, 0.717) is 5.54 Å². The first-order chi connectivity index (χ1) is 9.29.